The fourth-order valence-electron chi connectivity index (χ4n) is 2.81. The quantitative estimate of drug-likeness (QED) is 0.875. The Balaban J connectivity index is 2.07. The fraction of sp³-hybridized carbons (Fsp3) is 0.400. The highest BCUT2D eigenvalue weighted by Gasteiger charge is 2.26. The van der Waals surface area contributed by atoms with E-state index in [1.807, 2.05) is 6.33 Å². The second-order valence-electron chi connectivity index (χ2n) is 4.86. The Kier molecular flexibility index (Phi) is 2.92. The third kappa shape index (κ3) is 1.75. The lowest BCUT2D eigenvalue weighted by molar-refractivity contribution is 0.536. The molecular weight excluding hydrogens is 222 g/mol. The van der Waals surface area contributed by atoms with Gasteiger partial charge in [-0.05, 0) is 25.0 Å². The van der Waals surface area contributed by atoms with E-state index in [2.05, 4.69) is 53.0 Å². The Morgan fingerprint density at radius 3 is 3.00 bits per heavy atom. The molecule has 3 heteroatoms. The molecule has 0 amide bonds. The molecule has 0 aliphatic carbocycles. The van der Waals surface area contributed by atoms with Crippen molar-refractivity contribution in [2.45, 2.75) is 32.9 Å². The van der Waals surface area contributed by atoms with Crippen molar-refractivity contribution in [3.63, 3.8) is 0 Å². The number of nitrogens with one attached hydrogen (secondary N) is 1. The second kappa shape index (κ2) is 4.58. The van der Waals surface area contributed by atoms with E-state index in [9.17, 15) is 0 Å². The minimum absolute atomic E-state index is 0.253. The Morgan fingerprint density at radius 2 is 2.22 bits per heavy atom. The van der Waals surface area contributed by atoms with Gasteiger partial charge >= 0.3 is 0 Å². The first-order chi connectivity index (χ1) is 8.81. The summed E-state index contributed by atoms with van der Waals surface area (Å²) in [4.78, 5) is 4.63. The van der Waals surface area contributed by atoms with Gasteiger partial charge in [0.05, 0.1) is 18.1 Å². The summed E-state index contributed by atoms with van der Waals surface area (Å²) < 4.78 is 2.27. The summed E-state index contributed by atoms with van der Waals surface area (Å²) >= 11 is 0. The standard InChI is InChI=1S/C15H19N3/c1-3-18-10-17-15-13(18)8-9-16-14(15)12-7-5-4-6-11(12)2/h4-7,10,14,16H,3,8-9H2,1-2H3. The first kappa shape index (κ1) is 11.5. The molecule has 2 aromatic rings. The normalized spacial score (nSPS) is 18.7. The Bertz CT molecular complexity index is 557. The molecule has 18 heavy (non-hydrogen) atoms. The summed E-state index contributed by atoms with van der Waals surface area (Å²) in [5.41, 5.74) is 5.27. The van der Waals surface area contributed by atoms with Gasteiger partial charge in [0.15, 0.2) is 0 Å². The van der Waals surface area contributed by atoms with Crippen LogP contribution >= 0.6 is 0 Å². The van der Waals surface area contributed by atoms with E-state index >= 15 is 0 Å². The summed E-state index contributed by atoms with van der Waals surface area (Å²) in [6, 6.07) is 8.82. The zero-order valence-corrected chi connectivity index (χ0v) is 11.0. The smallest absolute Gasteiger partial charge is 0.0952 e. The Morgan fingerprint density at radius 1 is 1.39 bits per heavy atom. The number of hydrogen-bond donors (Lipinski definition) is 1. The monoisotopic (exact) mass is 241 g/mol. The zero-order valence-electron chi connectivity index (χ0n) is 11.0. The predicted molar refractivity (Wildman–Crippen MR) is 72.6 cm³/mol. The maximum absolute atomic E-state index is 4.63. The van der Waals surface area contributed by atoms with Crippen LogP contribution in [-0.2, 0) is 13.0 Å². The van der Waals surface area contributed by atoms with Crippen LogP contribution in [0, 0.1) is 6.92 Å². The van der Waals surface area contributed by atoms with E-state index in [0.717, 1.165) is 19.5 Å². The number of hydrogen-bond acceptors (Lipinski definition) is 2. The molecule has 1 N–H and O–H groups in total. The number of imidazole rings is 1. The lowest BCUT2D eigenvalue weighted by Gasteiger charge is -2.25. The Labute approximate surface area is 108 Å². The van der Waals surface area contributed by atoms with E-state index in [1.165, 1.54) is 22.5 Å². The predicted octanol–water partition coefficient (Wildman–Crippen LogP) is 2.45. The van der Waals surface area contributed by atoms with Crippen LogP contribution in [0.25, 0.3) is 0 Å². The molecule has 3 rings (SSSR count). The first-order valence-electron chi connectivity index (χ1n) is 6.64. The van der Waals surface area contributed by atoms with Gasteiger partial charge in [0.25, 0.3) is 0 Å². The summed E-state index contributed by atoms with van der Waals surface area (Å²) in [6.07, 6.45) is 3.05. The van der Waals surface area contributed by atoms with Gasteiger partial charge in [-0.2, -0.15) is 0 Å². The minimum Gasteiger partial charge on any atom is -0.334 e. The van der Waals surface area contributed by atoms with E-state index < -0.39 is 0 Å². The van der Waals surface area contributed by atoms with Crippen LogP contribution in [0.15, 0.2) is 30.6 Å². The molecule has 1 aromatic heterocycles. The van der Waals surface area contributed by atoms with Gasteiger partial charge < -0.3 is 9.88 Å². The molecular formula is C15H19N3. The summed E-state index contributed by atoms with van der Waals surface area (Å²) in [5.74, 6) is 0. The molecule has 0 saturated carbocycles. The number of aromatic nitrogens is 2. The van der Waals surface area contributed by atoms with E-state index in [4.69, 9.17) is 0 Å². The number of nitrogens with zero attached hydrogens (tertiary/aromatic N) is 2. The van der Waals surface area contributed by atoms with Crippen molar-refractivity contribution in [1.29, 1.82) is 0 Å². The topological polar surface area (TPSA) is 29.9 Å². The second-order valence-corrected chi connectivity index (χ2v) is 4.86. The number of aryl methyl sites for hydroxylation is 2. The van der Waals surface area contributed by atoms with Crippen LogP contribution < -0.4 is 5.32 Å². The van der Waals surface area contributed by atoms with Gasteiger partial charge in [0.2, 0.25) is 0 Å². The van der Waals surface area contributed by atoms with Crippen LogP contribution in [0.3, 0.4) is 0 Å². The van der Waals surface area contributed by atoms with Crippen LogP contribution in [0.5, 0.6) is 0 Å². The minimum atomic E-state index is 0.253. The maximum atomic E-state index is 4.63. The number of rotatable bonds is 2. The van der Waals surface area contributed by atoms with Crippen molar-refractivity contribution >= 4 is 0 Å². The van der Waals surface area contributed by atoms with Crippen molar-refractivity contribution in [2.75, 3.05) is 6.54 Å². The summed E-state index contributed by atoms with van der Waals surface area (Å²) in [5, 5.41) is 3.59. The molecule has 94 valence electrons. The Hall–Kier alpha value is -1.61. The van der Waals surface area contributed by atoms with Crippen molar-refractivity contribution in [2.24, 2.45) is 0 Å². The lowest BCUT2D eigenvalue weighted by Crippen LogP contribution is -2.32. The van der Waals surface area contributed by atoms with Crippen molar-refractivity contribution in [3.05, 3.63) is 53.1 Å². The number of benzene rings is 1. The molecule has 0 saturated heterocycles. The molecule has 0 fully saturated rings. The summed E-state index contributed by atoms with van der Waals surface area (Å²) in [6.45, 7) is 6.37. The van der Waals surface area contributed by atoms with Gasteiger partial charge in [0, 0.05) is 25.2 Å². The van der Waals surface area contributed by atoms with Crippen LogP contribution in [0.4, 0.5) is 0 Å². The van der Waals surface area contributed by atoms with Gasteiger partial charge in [-0.25, -0.2) is 4.98 Å². The van der Waals surface area contributed by atoms with E-state index in [1.54, 1.807) is 0 Å². The molecule has 1 aliphatic rings. The average Bonchev–Trinajstić information content (AvgIpc) is 2.82. The van der Waals surface area contributed by atoms with Gasteiger partial charge in [0.1, 0.15) is 0 Å². The van der Waals surface area contributed by atoms with Crippen molar-refractivity contribution in [1.82, 2.24) is 14.9 Å². The SMILES string of the molecule is CCn1cnc2c1CCNC2c1ccccc1C. The third-order valence-electron chi connectivity index (χ3n) is 3.80. The van der Waals surface area contributed by atoms with Crippen molar-refractivity contribution in [3.8, 4) is 0 Å². The fourth-order valence-corrected chi connectivity index (χ4v) is 2.81. The molecule has 1 atom stereocenters. The third-order valence-corrected chi connectivity index (χ3v) is 3.80. The average molecular weight is 241 g/mol. The van der Waals surface area contributed by atoms with Crippen LogP contribution in [0.2, 0.25) is 0 Å². The highest BCUT2D eigenvalue weighted by atomic mass is 15.1. The van der Waals surface area contributed by atoms with Crippen LogP contribution in [-0.4, -0.2) is 16.1 Å². The summed E-state index contributed by atoms with van der Waals surface area (Å²) in [7, 11) is 0. The molecule has 0 bridgehead atoms. The number of fused-ring (bicyclic) bond motifs is 1. The molecule has 3 nitrogen and oxygen atoms in total. The zero-order chi connectivity index (χ0) is 12.5. The van der Waals surface area contributed by atoms with Gasteiger partial charge in [-0.1, -0.05) is 24.3 Å². The highest BCUT2D eigenvalue weighted by molar-refractivity contribution is 5.37. The van der Waals surface area contributed by atoms with Gasteiger partial charge in [-0.15, -0.1) is 0 Å². The van der Waals surface area contributed by atoms with E-state index in [0.29, 0.717) is 0 Å². The van der Waals surface area contributed by atoms with Crippen LogP contribution in [0.1, 0.15) is 35.5 Å². The van der Waals surface area contributed by atoms with E-state index in [-0.39, 0.29) is 6.04 Å². The largest absolute Gasteiger partial charge is 0.334 e. The maximum Gasteiger partial charge on any atom is 0.0952 e. The molecule has 1 aromatic carbocycles. The van der Waals surface area contributed by atoms with Crippen molar-refractivity contribution < 1.29 is 0 Å². The molecule has 0 radical (unpaired) electrons. The highest BCUT2D eigenvalue weighted by Crippen LogP contribution is 2.29. The molecule has 1 unspecified atom stereocenters. The first-order valence-corrected chi connectivity index (χ1v) is 6.64. The lowest BCUT2D eigenvalue weighted by atomic mass is 9.94. The molecule has 2 heterocycles. The van der Waals surface area contributed by atoms with Gasteiger partial charge in [-0.3, -0.25) is 0 Å². The molecule has 0 spiro atoms. The molecule has 1 aliphatic heterocycles.